The predicted octanol–water partition coefficient (Wildman–Crippen LogP) is 3.79. The maximum atomic E-state index is 13.3. The first-order chi connectivity index (χ1) is 12.0. The Morgan fingerprint density at radius 1 is 1.16 bits per heavy atom. The molecular weight excluding hydrogens is 337 g/mol. The summed E-state index contributed by atoms with van der Waals surface area (Å²) in [4.78, 5) is 21.0. The summed E-state index contributed by atoms with van der Waals surface area (Å²) in [6, 6.07) is 12.6. The molecule has 0 bridgehead atoms. The number of carbonyl (C=O) groups excluding carboxylic acids is 1. The van der Waals surface area contributed by atoms with Gasteiger partial charge in [-0.25, -0.2) is 14.4 Å². The van der Waals surface area contributed by atoms with Gasteiger partial charge in [0.05, 0.1) is 11.3 Å². The molecule has 0 fully saturated rings. The molecule has 1 N–H and O–H groups in total. The third-order valence-corrected chi connectivity index (χ3v) is 4.72. The molecule has 0 saturated carbocycles. The molecule has 3 rings (SSSR count). The number of hydrogen-bond acceptors (Lipinski definition) is 4. The molecular formula is C19H18FN3OS. The largest absolute Gasteiger partial charge is 0.351 e. The van der Waals surface area contributed by atoms with Crippen molar-refractivity contribution in [3.8, 4) is 0 Å². The molecule has 128 valence electrons. The summed E-state index contributed by atoms with van der Waals surface area (Å²) in [6.07, 6.45) is 0. The highest BCUT2D eigenvalue weighted by atomic mass is 32.2. The number of fused-ring (bicyclic) bond motifs is 1. The molecule has 0 spiro atoms. The van der Waals surface area contributed by atoms with Crippen LogP contribution in [0.3, 0.4) is 0 Å². The number of halogens is 1. The van der Waals surface area contributed by atoms with Gasteiger partial charge >= 0.3 is 0 Å². The van der Waals surface area contributed by atoms with Gasteiger partial charge in [-0.3, -0.25) is 4.79 Å². The highest BCUT2D eigenvalue weighted by Crippen LogP contribution is 2.24. The van der Waals surface area contributed by atoms with Gasteiger partial charge in [0, 0.05) is 11.9 Å². The Labute approximate surface area is 149 Å². The molecule has 6 heteroatoms. The van der Waals surface area contributed by atoms with Crippen molar-refractivity contribution < 1.29 is 9.18 Å². The minimum Gasteiger partial charge on any atom is -0.351 e. The van der Waals surface area contributed by atoms with E-state index in [9.17, 15) is 9.18 Å². The Morgan fingerprint density at radius 2 is 1.96 bits per heavy atom. The third-order valence-electron chi connectivity index (χ3n) is 3.73. The number of nitrogens with zero attached hydrogens (tertiary/aromatic N) is 2. The lowest BCUT2D eigenvalue weighted by Gasteiger charge is -2.08. The number of thioether (sulfide) groups is 1. The molecule has 25 heavy (non-hydrogen) atoms. The molecule has 0 aliphatic heterocycles. The molecule has 1 heterocycles. The number of carbonyl (C=O) groups is 1. The minimum absolute atomic E-state index is 0.0904. The summed E-state index contributed by atoms with van der Waals surface area (Å²) in [6.45, 7) is 3.93. The number of para-hydroxylation sites is 1. The number of aromatic nitrogens is 2. The van der Waals surface area contributed by atoms with E-state index in [1.807, 2.05) is 31.2 Å². The van der Waals surface area contributed by atoms with Gasteiger partial charge in [0.1, 0.15) is 16.7 Å². The summed E-state index contributed by atoms with van der Waals surface area (Å²) in [5, 5.41) is 4.60. The van der Waals surface area contributed by atoms with E-state index in [0.29, 0.717) is 17.9 Å². The quantitative estimate of drug-likeness (QED) is 0.559. The fraction of sp³-hybridized carbons (Fsp3) is 0.211. The first-order valence-electron chi connectivity index (χ1n) is 7.91. The number of rotatable bonds is 5. The van der Waals surface area contributed by atoms with Crippen molar-refractivity contribution in [2.45, 2.75) is 25.4 Å². The van der Waals surface area contributed by atoms with E-state index in [1.54, 1.807) is 19.1 Å². The van der Waals surface area contributed by atoms with Crippen LogP contribution >= 0.6 is 11.8 Å². The highest BCUT2D eigenvalue weighted by Gasteiger charge is 2.09. The van der Waals surface area contributed by atoms with Gasteiger partial charge in [0.25, 0.3) is 0 Å². The molecule has 1 aromatic heterocycles. The number of nitrogens with one attached hydrogen (secondary N) is 1. The zero-order chi connectivity index (χ0) is 17.8. The van der Waals surface area contributed by atoms with Crippen molar-refractivity contribution in [1.29, 1.82) is 0 Å². The van der Waals surface area contributed by atoms with Crippen LogP contribution in [0.4, 0.5) is 4.39 Å². The summed E-state index contributed by atoms with van der Waals surface area (Å²) >= 11 is 1.39. The van der Waals surface area contributed by atoms with Crippen LogP contribution in [0.2, 0.25) is 0 Å². The van der Waals surface area contributed by atoms with Crippen molar-refractivity contribution in [2.75, 3.05) is 5.75 Å². The van der Waals surface area contributed by atoms with E-state index in [-0.39, 0.29) is 17.5 Å². The zero-order valence-electron chi connectivity index (χ0n) is 14.0. The monoisotopic (exact) mass is 355 g/mol. The molecule has 3 aromatic rings. The molecule has 0 aliphatic carbocycles. The molecule has 0 aliphatic rings. The van der Waals surface area contributed by atoms with Gasteiger partial charge in [-0.15, -0.1) is 0 Å². The second-order valence-electron chi connectivity index (χ2n) is 5.74. The smallest absolute Gasteiger partial charge is 0.230 e. The Balaban J connectivity index is 1.62. The Kier molecular flexibility index (Phi) is 5.28. The van der Waals surface area contributed by atoms with Gasteiger partial charge in [-0.2, -0.15) is 0 Å². The third kappa shape index (κ3) is 4.33. The van der Waals surface area contributed by atoms with Crippen LogP contribution in [-0.2, 0) is 11.3 Å². The Morgan fingerprint density at radius 3 is 2.76 bits per heavy atom. The Bertz CT molecular complexity index is 930. The first-order valence-corrected chi connectivity index (χ1v) is 8.89. The normalized spacial score (nSPS) is 10.8. The molecule has 0 saturated heterocycles. The zero-order valence-corrected chi connectivity index (χ0v) is 14.9. The molecule has 1 amide bonds. The molecule has 2 aromatic carbocycles. The van der Waals surface area contributed by atoms with Gasteiger partial charge < -0.3 is 5.32 Å². The lowest BCUT2D eigenvalue weighted by molar-refractivity contribution is -0.118. The van der Waals surface area contributed by atoms with Gasteiger partial charge in [0.15, 0.2) is 0 Å². The fourth-order valence-electron chi connectivity index (χ4n) is 2.47. The minimum atomic E-state index is -0.239. The standard InChI is InChI=1S/C19H18FN3OS/c1-12-9-14(7-8-16(12)20)10-21-18(24)11-25-19-15-5-3-4-6-17(15)22-13(2)23-19/h3-9H,10-11H2,1-2H3,(H,21,24). The number of benzene rings is 2. The maximum Gasteiger partial charge on any atom is 0.230 e. The molecule has 0 atom stereocenters. The molecule has 0 radical (unpaired) electrons. The fourth-order valence-corrected chi connectivity index (χ4v) is 3.37. The number of aryl methyl sites for hydroxylation is 2. The van der Waals surface area contributed by atoms with E-state index in [1.165, 1.54) is 17.8 Å². The van der Waals surface area contributed by atoms with E-state index in [2.05, 4.69) is 15.3 Å². The average molecular weight is 355 g/mol. The van der Waals surface area contributed by atoms with Crippen LogP contribution < -0.4 is 5.32 Å². The predicted molar refractivity (Wildman–Crippen MR) is 98.0 cm³/mol. The first kappa shape index (κ1) is 17.4. The van der Waals surface area contributed by atoms with Crippen LogP contribution in [0.5, 0.6) is 0 Å². The second kappa shape index (κ2) is 7.61. The van der Waals surface area contributed by atoms with Crippen molar-refractivity contribution in [2.24, 2.45) is 0 Å². The number of hydrogen-bond donors (Lipinski definition) is 1. The van der Waals surface area contributed by atoms with Crippen LogP contribution in [-0.4, -0.2) is 21.6 Å². The summed E-state index contributed by atoms with van der Waals surface area (Å²) < 4.78 is 13.3. The number of amides is 1. The van der Waals surface area contributed by atoms with Crippen LogP contribution in [0.1, 0.15) is 17.0 Å². The van der Waals surface area contributed by atoms with Crippen LogP contribution in [0, 0.1) is 19.7 Å². The lowest BCUT2D eigenvalue weighted by atomic mass is 10.1. The van der Waals surface area contributed by atoms with E-state index < -0.39 is 0 Å². The van der Waals surface area contributed by atoms with Gasteiger partial charge in [0.2, 0.25) is 5.91 Å². The molecule has 0 unspecified atom stereocenters. The van der Waals surface area contributed by atoms with E-state index in [0.717, 1.165) is 21.5 Å². The maximum absolute atomic E-state index is 13.3. The average Bonchev–Trinajstić information content (AvgIpc) is 2.60. The lowest BCUT2D eigenvalue weighted by Crippen LogP contribution is -2.24. The van der Waals surface area contributed by atoms with Crippen molar-refractivity contribution in [1.82, 2.24) is 15.3 Å². The van der Waals surface area contributed by atoms with Gasteiger partial charge in [-0.1, -0.05) is 42.1 Å². The second-order valence-corrected chi connectivity index (χ2v) is 6.71. The summed E-state index contributed by atoms with van der Waals surface area (Å²) in [5.74, 6) is 0.619. The van der Waals surface area contributed by atoms with Crippen molar-refractivity contribution in [3.05, 3.63) is 65.2 Å². The Hall–Kier alpha value is -2.47. The van der Waals surface area contributed by atoms with E-state index >= 15 is 0 Å². The van der Waals surface area contributed by atoms with Crippen LogP contribution in [0.15, 0.2) is 47.5 Å². The van der Waals surface area contributed by atoms with Gasteiger partial charge in [-0.05, 0) is 37.1 Å². The summed E-state index contributed by atoms with van der Waals surface area (Å²) in [5.41, 5.74) is 2.32. The topological polar surface area (TPSA) is 54.9 Å². The highest BCUT2D eigenvalue weighted by molar-refractivity contribution is 8.00. The SMILES string of the molecule is Cc1nc(SCC(=O)NCc2ccc(F)c(C)c2)c2ccccc2n1. The van der Waals surface area contributed by atoms with E-state index in [4.69, 9.17) is 0 Å². The van der Waals surface area contributed by atoms with Crippen LogP contribution in [0.25, 0.3) is 10.9 Å². The summed E-state index contributed by atoms with van der Waals surface area (Å²) in [7, 11) is 0. The van der Waals surface area contributed by atoms with Crippen molar-refractivity contribution >= 4 is 28.6 Å². The van der Waals surface area contributed by atoms with Crippen molar-refractivity contribution in [3.63, 3.8) is 0 Å². The molecule has 4 nitrogen and oxygen atoms in total.